The normalized spacial score (nSPS) is 16.2. The molecule has 3 aromatic rings. The third-order valence-electron chi connectivity index (χ3n) is 6.30. The van der Waals surface area contributed by atoms with E-state index in [-0.39, 0.29) is 21.8 Å². The maximum Gasteiger partial charge on any atom is 0.426 e. The van der Waals surface area contributed by atoms with Crippen molar-refractivity contribution in [1.29, 1.82) is 0 Å². The lowest BCUT2D eigenvalue weighted by atomic mass is 9.88. The Kier molecular flexibility index (Phi) is 6.73. The van der Waals surface area contributed by atoms with E-state index in [9.17, 15) is 44.3 Å². The third-order valence-corrected chi connectivity index (χ3v) is 7.41. The number of halogens is 6. The van der Waals surface area contributed by atoms with Gasteiger partial charge in [0.05, 0.1) is 11.1 Å². The minimum absolute atomic E-state index is 0.0217. The number of carbonyl (C=O) groups excluding carboxylic acids is 2. The van der Waals surface area contributed by atoms with E-state index in [2.05, 4.69) is 15.6 Å². The van der Waals surface area contributed by atoms with Gasteiger partial charge in [0, 0.05) is 31.6 Å². The fraction of sp³-hybridized carbons (Fsp3) is 0.304. The molecule has 0 saturated carbocycles. The van der Waals surface area contributed by atoms with Crippen molar-refractivity contribution in [2.45, 2.75) is 42.3 Å². The molecule has 0 fully saturated rings. The predicted octanol–water partition coefficient (Wildman–Crippen LogP) is 3.59. The van der Waals surface area contributed by atoms with Gasteiger partial charge in [0.2, 0.25) is 5.91 Å². The van der Waals surface area contributed by atoms with Crippen LogP contribution in [0.3, 0.4) is 0 Å². The molecule has 2 amide bonds. The highest BCUT2D eigenvalue weighted by Crippen LogP contribution is 2.52. The number of nitrogens with zero attached hydrogens (tertiary/aromatic N) is 4. The Morgan fingerprint density at radius 3 is 2.10 bits per heavy atom. The summed E-state index contributed by atoms with van der Waals surface area (Å²) >= 11 is 0. The molecule has 1 aliphatic rings. The van der Waals surface area contributed by atoms with E-state index < -0.39 is 51.1 Å². The fourth-order valence-corrected chi connectivity index (χ4v) is 5.18. The largest absolute Gasteiger partial charge is 0.426 e. The molecule has 2 heterocycles. The number of hydrogen-bond acceptors (Lipinski definition) is 6. The molecule has 1 unspecified atom stereocenters. The maximum absolute atomic E-state index is 14.0. The molecule has 39 heavy (non-hydrogen) atoms. The van der Waals surface area contributed by atoms with Crippen LogP contribution in [0.2, 0.25) is 0 Å². The van der Waals surface area contributed by atoms with Gasteiger partial charge >= 0.3 is 12.4 Å². The number of rotatable bonds is 5. The molecule has 0 bridgehead atoms. The van der Waals surface area contributed by atoms with Gasteiger partial charge in [-0.05, 0) is 41.0 Å². The molecule has 1 N–H and O–H groups in total. The van der Waals surface area contributed by atoms with E-state index in [0.717, 1.165) is 23.3 Å². The first-order chi connectivity index (χ1) is 18.0. The van der Waals surface area contributed by atoms with Gasteiger partial charge in [0.15, 0.2) is 9.84 Å². The van der Waals surface area contributed by atoms with Crippen LogP contribution >= 0.6 is 0 Å². The molecule has 16 heteroatoms. The number of hydrogen-bond donors (Lipinski definition) is 1. The minimum atomic E-state index is -5.87. The number of benzene rings is 2. The van der Waals surface area contributed by atoms with Crippen LogP contribution in [0.5, 0.6) is 0 Å². The summed E-state index contributed by atoms with van der Waals surface area (Å²) in [6.45, 7) is 1.11. The van der Waals surface area contributed by atoms with Crippen LogP contribution in [0.15, 0.2) is 59.8 Å². The number of anilines is 1. The van der Waals surface area contributed by atoms with Crippen molar-refractivity contribution in [1.82, 2.24) is 19.9 Å². The number of fused-ring (bicyclic) bond motifs is 1. The van der Waals surface area contributed by atoms with Crippen molar-refractivity contribution in [3.63, 3.8) is 0 Å². The van der Waals surface area contributed by atoms with Crippen LogP contribution in [0.25, 0.3) is 0 Å². The van der Waals surface area contributed by atoms with E-state index >= 15 is 0 Å². The number of alkyl halides is 6. The number of amides is 2. The van der Waals surface area contributed by atoms with Gasteiger partial charge in [0.25, 0.3) is 11.4 Å². The zero-order valence-corrected chi connectivity index (χ0v) is 20.9. The summed E-state index contributed by atoms with van der Waals surface area (Å²) in [6, 6.07) is 5.59. The second-order valence-electron chi connectivity index (χ2n) is 8.80. The van der Waals surface area contributed by atoms with Gasteiger partial charge in [-0.2, -0.15) is 26.3 Å². The van der Waals surface area contributed by atoms with Crippen LogP contribution in [0.1, 0.15) is 29.7 Å². The molecule has 0 radical (unpaired) electrons. The highest BCUT2D eigenvalue weighted by atomic mass is 32.2. The molecular weight excluding hydrogens is 556 g/mol. The molecule has 2 aromatic carbocycles. The second kappa shape index (κ2) is 9.36. The van der Waals surface area contributed by atoms with E-state index in [1.54, 1.807) is 0 Å². The van der Waals surface area contributed by atoms with Crippen LogP contribution < -0.4 is 5.32 Å². The SMILES string of the molecule is CC(=O)N1Cc2cc(S(C)(=O)=O)ccc2C1C(=O)Nc1ccc(C(n2ccnn2)(C(F)(F)F)C(F)(F)F)cc1. The number of nitrogens with one attached hydrogen (secondary N) is 1. The Hall–Kier alpha value is -3.95. The van der Waals surface area contributed by atoms with E-state index in [1.807, 2.05) is 0 Å². The molecule has 1 aromatic heterocycles. The molecule has 9 nitrogen and oxygen atoms in total. The van der Waals surface area contributed by atoms with Crippen molar-refractivity contribution < 1.29 is 44.3 Å². The topological polar surface area (TPSA) is 114 Å². The first-order valence-electron chi connectivity index (χ1n) is 11.0. The van der Waals surface area contributed by atoms with Gasteiger partial charge < -0.3 is 10.2 Å². The standard InChI is InChI=1S/C23H19F6N5O4S/c1-13(35)33-12-14-11-17(39(2,37)38)7-8-18(14)19(33)20(36)31-16-5-3-15(4-6-16)21(22(24,25)26,23(27,28)29)34-10-9-30-32-34/h3-11,19H,12H2,1-2H3,(H,31,36). The fourth-order valence-electron chi connectivity index (χ4n) is 4.51. The van der Waals surface area contributed by atoms with Crippen LogP contribution in [0, 0.1) is 0 Å². The Morgan fingerprint density at radius 2 is 1.62 bits per heavy atom. The number of carbonyl (C=O) groups is 2. The molecule has 0 spiro atoms. The van der Waals surface area contributed by atoms with Gasteiger partial charge in [-0.3, -0.25) is 9.59 Å². The van der Waals surface area contributed by atoms with Crippen LogP contribution in [0.4, 0.5) is 32.0 Å². The summed E-state index contributed by atoms with van der Waals surface area (Å²) in [7, 11) is -3.58. The van der Waals surface area contributed by atoms with Gasteiger partial charge in [-0.15, -0.1) is 5.10 Å². The Balaban J connectivity index is 1.69. The highest BCUT2D eigenvalue weighted by Gasteiger charge is 2.74. The molecule has 1 aliphatic heterocycles. The lowest BCUT2D eigenvalue weighted by Gasteiger charge is -2.37. The average Bonchev–Trinajstić information content (AvgIpc) is 3.46. The number of aromatic nitrogens is 3. The second-order valence-corrected chi connectivity index (χ2v) is 10.8. The van der Waals surface area contributed by atoms with E-state index in [1.165, 1.54) is 25.1 Å². The van der Waals surface area contributed by atoms with Crippen molar-refractivity contribution in [2.75, 3.05) is 11.6 Å². The van der Waals surface area contributed by atoms with Crippen molar-refractivity contribution in [3.8, 4) is 0 Å². The lowest BCUT2D eigenvalue weighted by Crippen LogP contribution is -2.59. The van der Waals surface area contributed by atoms with Gasteiger partial charge in [-0.25, -0.2) is 13.1 Å². The lowest BCUT2D eigenvalue weighted by molar-refractivity contribution is -0.316. The molecule has 0 saturated heterocycles. The Labute approximate surface area is 217 Å². The van der Waals surface area contributed by atoms with Gasteiger partial charge in [0.1, 0.15) is 6.04 Å². The maximum atomic E-state index is 14.0. The van der Waals surface area contributed by atoms with Crippen molar-refractivity contribution in [2.24, 2.45) is 0 Å². The monoisotopic (exact) mass is 575 g/mol. The molecule has 1 atom stereocenters. The number of sulfone groups is 1. The summed E-state index contributed by atoms with van der Waals surface area (Å²) in [5.41, 5.74) is -5.20. The minimum Gasteiger partial charge on any atom is -0.324 e. The molecular formula is C23H19F6N5O4S. The smallest absolute Gasteiger partial charge is 0.324 e. The summed E-state index contributed by atoms with van der Waals surface area (Å²) in [5, 5.41) is 8.46. The molecule has 0 aliphatic carbocycles. The average molecular weight is 575 g/mol. The van der Waals surface area contributed by atoms with E-state index in [4.69, 9.17) is 0 Å². The quantitative estimate of drug-likeness (QED) is 0.466. The first-order valence-corrected chi connectivity index (χ1v) is 12.9. The van der Waals surface area contributed by atoms with Crippen LogP contribution in [-0.4, -0.2) is 58.7 Å². The third kappa shape index (κ3) is 4.72. The molecule has 208 valence electrons. The molecule has 4 rings (SSSR count). The summed E-state index contributed by atoms with van der Waals surface area (Å²) < 4.78 is 108. The predicted molar refractivity (Wildman–Crippen MR) is 123 cm³/mol. The Morgan fingerprint density at radius 1 is 1.00 bits per heavy atom. The highest BCUT2D eigenvalue weighted by molar-refractivity contribution is 7.90. The van der Waals surface area contributed by atoms with Crippen molar-refractivity contribution in [3.05, 3.63) is 71.5 Å². The first kappa shape index (κ1) is 28.1. The zero-order valence-electron chi connectivity index (χ0n) is 20.1. The summed E-state index contributed by atoms with van der Waals surface area (Å²) in [4.78, 5) is 26.5. The van der Waals surface area contributed by atoms with Crippen LogP contribution in [-0.2, 0) is 31.5 Å². The Bertz CT molecular complexity index is 1510. The summed E-state index contributed by atoms with van der Waals surface area (Å²) in [6.07, 6.45) is -9.62. The zero-order chi connectivity index (χ0) is 29.0. The van der Waals surface area contributed by atoms with Crippen molar-refractivity contribution >= 4 is 27.3 Å². The van der Waals surface area contributed by atoms with Gasteiger partial charge in [-0.1, -0.05) is 23.4 Å². The van der Waals surface area contributed by atoms with E-state index in [0.29, 0.717) is 35.7 Å². The summed E-state index contributed by atoms with van der Waals surface area (Å²) in [5.74, 6) is -1.33.